The van der Waals surface area contributed by atoms with Gasteiger partial charge in [-0.25, -0.2) is 17.9 Å². The van der Waals surface area contributed by atoms with Gasteiger partial charge in [-0.05, 0) is 38.0 Å². The number of amides is 1. The summed E-state index contributed by atoms with van der Waals surface area (Å²) >= 11 is 0. The number of ether oxygens (including phenoxy) is 1. The fourth-order valence-corrected chi connectivity index (χ4v) is 2.67. The van der Waals surface area contributed by atoms with Gasteiger partial charge in [0.15, 0.2) is 0 Å². The highest BCUT2D eigenvalue weighted by Gasteiger charge is 2.20. The minimum absolute atomic E-state index is 0.0525. The molecule has 6 nitrogen and oxygen atoms in total. The largest absolute Gasteiger partial charge is 0.385 e. The summed E-state index contributed by atoms with van der Waals surface area (Å²) in [6.45, 7) is 3.64. The van der Waals surface area contributed by atoms with Gasteiger partial charge in [0.1, 0.15) is 5.82 Å². The minimum atomic E-state index is -4.09. The summed E-state index contributed by atoms with van der Waals surface area (Å²) < 4.78 is 41.2. The van der Waals surface area contributed by atoms with Crippen molar-refractivity contribution in [2.45, 2.75) is 31.2 Å². The van der Waals surface area contributed by atoms with Crippen LogP contribution in [0, 0.1) is 12.7 Å². The van der Waals surface area contributed by atoms with E-state index in [4.69, 9.17) is 9.88 Å². The van der Waals surface area contributed by atoms with E-state index in [1.165, 1.54) is 6.92 Å². The van der Waals surface area contributed by atoms with E-state index in [1.807, 2.05) is 0 Å². The van der Waals surface area contributed by atoms with E-state index in [0.717, 1.165) is 12.1 Å². The molecule has 1 aromatic rings. The molecule has 1 unspecified atom stereocenters. The molecule has 21 heavy (non-hydrogen) atoms. The van der Waals surface area contributed by atoms with E-state index in [9.17, 15) is 17.6 Å². The Hall–Kier alpha value is -1.51. The number of sulfonamides is 1. The number of rotatable bonds is 6. The van der Waals surface area contributed by atoms with Gasteiger partial charge in [-0.3, -0.25) is 4.79 Å². The lowest BCUT2D eigenvalue weighted by atomic mass is 10.1. The molecule has 1 aromatic carbocycles. The van der Waals surface area contributed by atoms with E-state index in [-0.39, 0.29) is 17.2 Å². The van der Waals surface area contributed by atoms with Crippen LogP contribution in [-0.2, 0) is 14.8 Å². The summed E-state index contributed by atoms with van der Waals surface area (Å²) in [5.74, 6) is -1.39. The molecule has 0 heterocycles. The summed E-state index contributed by atoms with van der Waals surface area (Å²) in [5.41, 5.74) is 0.0682. The third-order valence-electron chi connectivity index (χ3n) is 3.01. The number of methoxy groups -OCH3 is 1. The van der Waals surface area contributed by atoms with Gasteiger partial charge in [0, 0.05) is 25.3 Å². The Bertz CT molecular complexity index is 631. The molecule has 0 spiro atoms. The number of nitrogens with one attached hydrogen (secondary N) is 1. The van der Waals surface area contributed by atoms with Crippen LogP contribution >= 0.6 is 0 Å². The van der Waals surface area contributed by atoms with Crippen molar-refractivity contribution in [3.05, 3.63) is 29.1 Å². The molecule has 118 valence electrons. The number of carbonyl (C=O) groups is 1. The maximum Gasteiger partial charge on any atom is 0.251 e. The summed E-state index contributed by atoms with van der Waals surface area (Å²) in [4.78, 5) is 11.7. The monoisotopic (exact) mass is 318 g/mol. The van der Waals surface area contributed by atoms with Crippen LogP contribution in [0.3, 0.4) is 0 Å². The highest BCUT2D eigenvalue weighted by atomic mass is 32.2. The topological polar surface area (TPSA) is 98.5 Å². The Morgan fingerprint density at radius 1 is 1.48 bits per heavy atom. The fourth-order valence-electron chi connectivity index (χ4n) is 1.85. The number of nitrogens with two attached hydrogens (primary N) is 1. The Kier molecular flexibility index (Phi) is 5.82. The van der Waals surface area contributed by atoms with Crippen molar-refractivity contribution < 1.29 is 22.3 Å². The summed E-state index contributed by atoms with van der Waals surface area (Å²) in [6, 6.07) is 1.59. The van der Waals surface area contributed by atoms with Crippen molar-refractivity contribution >= 4 is 15.9 Å². The standard InChI is InChI=1S/C13H19FN2O4S/c1-8(4-5-20-3)16-13(17)11-6-10(14)7-12(9(11)2)21(15,18)19/h6-8H,4-5H2,1-3H3,(H,16,17)(H2,15,18,19). The summed E-state index contributed by atoms with van der Waals surface area (Å²) in [7, 11) is -2.55. The molecule has 0 aromatic heterocycles. The van der Waals surface area contributed by atoms with Gasteiger partial charge in [0.05, 0.1) is 4.90 Å². The number of halogens is 1. The molecule has 8 heteroatoms. The zero-order valence-corrected chi connectivity index (χ0v) is 13.0. The molecule has 0 bridgehead atoms. The maximum absolute atomic E-state index is 13.5. The lowest BCUT2D eigenvalue weighted by Gasteiger charge is -2.15. The zero-order valence-electron chi connectivity index (χ0n) is 12.1. The zero-order chi connectivity index (χ0) is 16.2. The predicted octanol–water partition coefficient (Wildman–Crippen LogP) is 0.936. The molecule has 1 rings (SSSR count). The molecule has 3 N–H and O–H groups in total. The van der Waals surface area contributed by atoms with E-state index in [1.54, 1.807) is 14.0 Å². The lowest BCUT2D eigenvalue weighted by Crippen LogP contribution is -2.34. The number of primary sulfonamides is 1. The van der Waals surface area contributed by atoms with Gasteiger partial charge in [-0.1, -0.05) is 0 Å². The lowest BCUT2D eigenvalue weighted by molar-refractivity contribution is 0.0928. The van der Waals surface area contributed by atoms with Crippen LogP contribution in [0.4, 0.5) is 4.39 Å². The first-order valence-corrected chi connectivity index (χ1v) is 7.84. The van der Waals surface area contributed by atoms with Gasteiger partial charge in [-0.15, -0.1) is 0 Å². The number of hydrogen-bond acceptors (Lipinski definition) is 4. The van der Waals surface area contributed by atoms with Gasteiger partial charge in [0.25, 0.3) is 5.91 Å². The highest BCUT2D eigenvalue weighted by molar-refractivity contribution is 7.89. The molecule has 0 aliphatic heterocycles. The van der Waals surface area contributed by atoms with Gasteiger partial charge in [-0.2, -0.15) is 0 Å². The molecule has 0 aliphatic carbocycles. The summed E-state index contributed by atoms with van der Waals surface area (Å²) in [5, 5.41) is 7.68. The Balaban J connectivity index is 3.08. The van der Waals surface area contributed by atoms with Crippen molar-refractivity contribution in [1.29, 1.82) is 0 Å². The second-order valence-electron chi connectivity index (χ2n) is 4.78. The third-order valence-corrected chi connectivity index (χ3v) is 4.05. The van der Waals surface area contributed by atoms with Crippen molar-refractivity contribution in [2.24, 2.45) is 5.14 Å². The molecule has 0 saturated heterocycles. The highest BCUT2D eigenvalue weighted by Crippen LogP contribution is 2.20. The number of benzene rings is 1. The van der Waals surface area contributed by atoms with E-state index in [0.29, 0.717) is 13.0 Å². The average molecular weight is 318 g/mol. The van der Waals surface area contributed by atoms with Crippen LogP contribution in [-0.4, -0.2) is 34.1 Å². The van der Waals surface area contributed by atoms with Crippen molar-refractivity contribution in [3.63, 3.8) is 0 Å². The Morgan fingerprint density at radius 3 is 2.62 bits per heavy atom. The number of hydrogen-bond donors (Lipinski definition) is 2. The second kappa shape index (κ2) is 6.97. The van der Waals surface area contributed by atoms with Crippen molar-refractivity contribution in [1.82, 2.24) is 5.32 Å². The molecule has 0 aliphatic rings. The predicted molar refractivity (Wildman–Crippen MR) is 75.9 cm³/mol. The SMILES string of the molecule is COCCC(C)NC(=O)c1cc(F)cc(S(N)(=O)=O)c1C. The van der Waals surface area contributed by atoms with Gasteiger partial charge >= 0.3 is 0 Å². The minimum Gasteiger partial charge on any atom is -0.385 e. The normalized spacial score (nSPS) is 13.0. The van der Waals surface area contributed by atoms with Crippen LogP contribution in [0.2, 0.25) is 0 Å². The molecular formula is C13H19FN2O4S. The first-order chi connectivity index (χ1) is 9.66. The van der Waals surface area contributed by atoms with E-state index in [2.05, 4.69) is 5.32 Å². The molecule has 1 amide bonds. The van der Waals surface area contributed by atoms with Gasteiger partial charge in [0.2, 0.25) is 10.0 Å². The Labute approximate surface area is 123 Å². The number of carbonyl (C=O) groups excluding carboxylic acids is 1. The van der Waals surface area contributed by atoms with Crippen LogP contribution in [0.15, 0.2) is 17.0 Å². The fraction of sp³-hybridized carbons (Fsp3) is 0.462. The molecule has 0 saturated carbocycles. The van der Waals surface area contributed by atoms with Crippen LogP contribution in [0.25, 0.3) is 0 Å². The quantitative estimate of drug-likeness (QED) is 0.815. The first kappa shape index (κ1) is 17.5. The van der Waals surface area contributed by atoms with Crippen molar-refractivity contribution in [2.75, 3.05) is 13.7 Å². The maximum atomic E-state index is 13.5. The molecule has 1 atom stereocenters. The second-order valence-corrected chi connectivity index (χ2v) is 6.31. The van der Waals surface area contributed by atoms with Crippen LogP contribution < -0.4 is 10.5 Å². The van der Waals surface area contributed by atoms with Crippen molar-refractivity contribution in [3.8, 4) is 0 Å². The third kappa shape index (κ3) is 4.76. The molecule has 0 radical (unpaired) electrons. The van der Waals surface area contributed by atoms with E-state index < -0.39 is 26.6 Å². The summed E-state index contributed by atoms with van der Waals surface area (Å²) in [6.07, 6.45) is 0.582. The Morgan fingerprint density at radius 2 is 2.10 bits per heavy atom. The van der Waals surface area contributed by atoms with Crippen LogP contribution in [0.5, 0.6) is 0 Å². The first-order valence-electron chi connectivity index (χ1n) is 6.29. The van der Waals surface area contributed by atoms with Gasteiger partial charge < -0.3 is 10.1 Å². The van der Waals surface area contributed by atoms with Crippen LogP contribution in [0.1, 0.15) is 29.3 Å². The molecule has 0 fully saturated rings. The van der Waals surface area contributed by atoms with E-state index >= 15 is 0 Å². The average Bonchev–Trinajstić information content (AvgIpc) is 2.37. The molecular weight excluding hydrogens is 299 g/mol. The smallest absolute Gasteiger partial charge is 0.251 e.